The van der Waals surface area contributed by atoms with Gasteiger partial charge in [-0.1, -0.05) is 414 Å². The Hall–Kier alpha value is 1.36. The summed E-state index contributed by atoms with van der Waals surface area (Å²) in [5.74, 6) is 18.8. The van der Waals surface area contributed by atoms with Crippen molar-refractivity contribution in [3.63, 3.8) is 0 Å². The molecule has 0 atom stereocenters. The topological polar surface area (TPSA) is 27.7 Å². The number of unbranched alkanes of at least 4 members (excludes halogenated alkanes) is 36. The zero-order valence-electron chi connectivity index (χ0n) is 70.6. The predicted molar refractivity (Wildman–Crippen MR) is 460 cm³/mol. The molecule has 0 amide bonds. The van der Waals surface area contributed by atoms with E-state index in [1.807, 2.05) is 0 Å². The monoisotopic (exact) mass is 1450 g/mol. The van der Waals surface area contributed by atoms with Gasteiger partial charge in [0.15, 0.2) is 0 Å². The lowest BCUT2D eigenvalue weighted by Gasteiger charge is -2.49. The third-order valence-corrected chi connectivity index (χ3v) is 35.9. The Bertz CT molecular complexity index is 1230. The summed E-state index contributed by atoms with van der Waals surface area (Å²) in [5, 5.41) is 0. The highest BCUT2D eigenvalue weighted by Gasteiger charge is 2.40. The van der Waals surface area contributed by atoms with Crippen molar-refractivity contribution >= 4 is 39.5 Å². The van der Waals surface area contributed by atoms with Crippen LogP contribution in [-0.2, 0) is 11.9 Å². The van der Waals surface area contributed by atoms with Crippen molar-refractivity contribution < 1.29 is 11.9 Å². The van der Waals surface area contributed by atoms with Crippen LogP contribution in [0.2, 0.25) is 0 Å². The third kappa shape index (κ3) is 66.5. The maximum atomic E-state index is 8.76. The van der Waals surface area contributed by atoms with Crippen LogP contribution < -0.4 is 0 Å². The summed E-state index contributed by atoms with van der Waals surface area (Å²) >= 11 is 0. The zero-order valence-corrected chi connectivity index (χ0v) is 74.0. The highest BCUT2D eigenvalue weighted by atomic mass is 32.3. The Morgan fingerprint density at radius 1 is 0.144 bits per heavy atom. The number of hydrogen-bond acceptors (Lipinski definition) is 3. The Kier molecular flexibility index (Phi) is 68.9. The van der Waals surface area contributed by atoms with Gasteiger partial charge >= 0.3 is 8.60 Å². The molecule has 97 heavy (non-hydrogen) atoms. The minimum absolute atomic E-state index is 0.808. The van der Waals surface area contributed by atoms with Crippen molar-refractivity contribution in [1.82, 2.24) is 0 Å². The average Bonchev–Trinajstić information content (AvgIpc) is 0.814. The van der Waals surface area contributed by atoms with Crippen molar-refractivity contribution in [3.8, 4) is 0 Å². The highest BCUT2D eigenvalue weighted by molar-refractivity contribution is 8.35. The Morgan fingerprint density at radius 2 is 0.237 bits per heavy atom. The smallest absolute Gasteiger partial charge is 0.262 e. The first-order valence-electron chi connectivity index (χ1n) is 44.7. The van der Waals surface area contributed by atoms with Crippen LogP contribution in [0.1, 0.15) is 471 Å². The summed E-state index contributed by atoms with van der Waals surface area (Å²) in [7, 11) is -6.08. The van der Waals surface area contributed by atoms with E-state index in [1.54, 1.807) is 0 Å². The largest absolute Gasteiger partial charge is 0.364 e. The van der Waals surface area contributed by atoms with Crippen LogP contribution >= 0.6 is 39.5 Å². The van der Waals surface area contributed by atoms with Gasteiger partial charge in [0.1, 0.15) is 0 Å². The maximum absolute atomic E-state index is 8.76. The molecule has 0 aromatic carbocycles. The number of rotatable bonds is 78. The minimum Gasteiger partial charge on any atom is -0.262 e. The van der Waals surface area contributed by atoms with Gasteiger partial charge in [0.05, 0.1) is 0 Å². The molecule has 0 aliphatic heterocycles. The lowest BCUT2D eigenvalue weighted by Crippen LogP contribution is -2.23. The van der Waals surface area contributed by atoms with E-state index in [4.69, 9.17) is 11.9 Å². The van der Waals surface area contributed by atoms with Crippen LogP contribution in [0.15, 0.2) is 0 Å². The van der Waals surface area contributed by atoms with Crippen LogP contribution in [0.3, 0.4) is 0 Å². The van der Waals surface area contributed by atoms with Crippen molar-refractivity contribution in [2.45, 2.75) is 471 Å². The van der Waals surface area contributed by atoms with Crippen molar-refractivity contribution in [2.24, 2.45) is 53.3 Å². The molecule has 0 aromatic heterocycles. The second-order valence-corrected chi connectivity index (χ2v) is 47.9. The summed E-state index contributed by atoms with van der Waals surface area (Å²) < 4.78 is 26.3. The fourth-order valence-corrected chi connectivity index (χ4v) is 29.9. The van der Waals surface area contributed by atoms with Gasteiger partial charge in [0.2, 0.25) is 0 Å². The molecule has 0 radical (unpaired) electrons. The first-order valence-corrected chi connectivity index (χ1v) is 52.0. The summed E-state index contributed by atoms with van der Waals surface area (Å²) in [6.45, 7) is 43.7. The molecule has 0 unspecified atom stereocenters. The molecule has 0 N–H and O–H groups in total. The van der Waals surface area contributed by atoms with Gasteiger partial charge in [-0.2, -0.15) is 0 Å². The van der Waals surface area contributed by atoms with E-state index in [0.29, 0.717) is 0 Å². The van der Waals surface area contributed by atoms with Crippen LogP contribution in [0.5, 0.6) is 0 Å². The molecular weight excluding hydrogens is 1260 g/mol. The first-order chi connectivity index (χ1) is 46.5. The molecule has 3 nitrogen and oxygen atoms in total. The molecule has 7 heteroatoms. The van der Waals surface area contributed by atoms with Crippen LogP contribution in [0.4, 0.5) is 0 Å². The highest BCUT2D eigenvalue weighted by Crippen LogP contribution is 2.74. The van der Waals surface area contributed by atoms with E-state index >= 15 is 0 Å². The third-order valence-electron chi connectivity index (χ3n) is 21.3. The lowest BCUT2D eigenvalue weighted by molar-refractivity contribution is 0.433. The van der Waals surface area contributed by atoms with E-state index in [9.17, 15) is 0 Å². The zero-order chi connectivity index (χ0) is 71.9. The molecule has 590 valence electrons. The van der Waals surface area contributed by atoms with Gasteiger partial charge in [0.25, 0.3) is 0 Å². The normalized spacial score (nSPS) is 13.5. The van der Waals surface area contributed by atoms with Crippen molar-refractivity contribution in [1.29, 1.82) is 0 Å². The molecule has 0 saturated heterocycles. The lowest BCUT2D eigenvalue weighted by atomic mass is 10.0. The Morgan fingerprint density at radius 3 is 0.340 bits per heavy atom. The molecule has 0 bridgehead atoms. The van der Waals surface area contributed by atoms with E-state index in [1.165, 1.54) is 399 Å². The summed E-state index contributed by atoms with van der Waals surface area (Å²) in [5.41, 5.74) is 0. The second-order valence-electron chi connectivity index (χ2n) is 36.2. The Labute approximate surface area is 623 Å². The average molecular weight is 1450 g/mol. The SMILES string of the molecule is CC(C)CCCCCCCS(CCCCCCCC(C)C)(CCCCCCCC(C)C)OP(OS(CCCCCCCC(C)C)(CCCCCCCC(C)C)CCCCCCCC(C)C)OS(CCCCCCCC(C)C)(CCCCCCCC(C)C)CCCCCCCC(C)C. The summed E-state index contributed by atoms with van der Waals surface area (Å²) in [6.07, 6.45) is 74.1. The van der Waals surface area contributed by atoms with Gasteiger partial charge < -0.3 is 0 Å². The standard InChI is InChI=1S/C90H189O3PS3/c1-82(2)64-46-28-19-37-55-73-95(74-56-38-20-29-47-65-83(3)4,75-57-39-21-30-48-66-84(5)6)91-94(92-96(76-58-40-22-31-49-67-85(7)8,77-59-41-23-32-50-68-86(9)10)78-60-42-24-33-51-69-87(11)12)93-97(79-61-43-25-34-52-70-88(13)14,80-62-44-26-35-53-71-89(15)16)81-63-45-27-36-54-72-90(17)18/h82-90H,19-81H2,1-18H3. The molecule has 0 aromatic rings. The van der Waals surface area contributed by atoms with Crippen LogP contribution in [-0.4, -0.2) is 51.8 Å². The molecule has 0 rings (SSSR count). The molecule has 0 aliphatic carbocycles. The molecular formula is C90H189O3PS3. The molecule has 0 fully saturated rings. The molecule has 0 heterocycles. The quantitative estimate of drug-likeness (QED) is 0.0449. The van der Waals surface area contributed by atoms with E-state index in [-0.39, 0.29) is 0 Å². The molecule has 0 spiro atoms. The van der Waals surface area contributed by atoms with E-state index in [2.05, 4.69) is 125 Å². The van der Waals surface area contributed by atoms with E-state index < -0.39 is 39.5 Å². The Balaban J connectivity index is 8.69. The van der Waals surface area contributed by atoms with Crippen LogP contribution in [0.25, 0.3) is 0 Å². The van der Waals surface area contributed by atoms with Gasteiger partial charge in [-0.15, -0.1) is 30.9 Å². The summed E-state index contributed by atoms with van der Waals surface area (Å²) in [6, 6.07) is 0. The second kappa shape index (κ2) is 67.9. The van der Waals surface area contributed by atoms with Crippen LogP contribution in [0, 0.1) is 53.3 Å². The van der Waals surface area contributed by atoms with Gasteiger partial charge in [-0.05, 0) is 163 Å². The molecule has 0 saturated carbocycles. The van der Waals surface area contributed by atoms with Crippen molar-refractivity contribution in [2.75, 3.05) is 51.8 Å². The summed E-state index contributed by atoms with van der Waals surface area (Å²) in [4.78, 5) is 0. The van der Waals surface area contributed by atoms with E-state index in [0.717, 1.165) is 53.3 Å². The van der Waals surface area contributed by atoms with Gasteiger partial charge in [-0.3, -0.25) is 11.9 Å². The maximum Gasteiger partial charge on any atom is 0.364 e. The van der Waals surface area contributed by atoms with Crippen molar-refractivity contribution in [3.05, 3.63) is 0 Å². The van der Waals surface area contributed by atoms with Gasteiger partial charge in [-0.25, -0.2) is 0 Å². The first kappa shape index (κ1) is 98.4. The minimum atomic E-state index is -1.55. The fourth-order valence-electron chi connectivity index (χ4n) is 14.7. The fraction of sp³-hybridized carbons (Fsp3) is 1.00. The number of hydrogen-bond donors (Lipinski definition) is 0. The predicted octanol–water partition coefficient (Wildman–Crippen LogP) is 34.4. The molecule has 0 aliphatic rings. The van der Waals surface area contributed by atoms with Gasteiger partial charge in [0, 0.05) is 0 Å².